The van der Waals surface area contributed by atoms with Crippen LogP contribution in [-0.2, 0) is 20.7 Å². The highest BCUT2D eigenvalue weighted by molar-refractivity contribution is 5.81. The number of hydrogen-bond acceptors (Lipinski definition) is 5. The Kier molecular flexibility index (Phi) is 6.56. The molecule has 1 aliphatic rings. The number of esters is 1. The number of aromatic amines is 1. The summed E-state index contributed by atoms with van der Waals surface area (Å²) in [6.45, 7) is 5.91. The maximum atomic E-state index is 12.2. The van der Waals surface area contributed by atoms with Crippen molar-refractivity contribution in [2.75, 3.05) is 13.2 Å². The summed E-state index contributed by atoms with van der Waals surface area (Å²) in [5.41, 5.74) is 1.62. The van der Waals surface area contributed by atoms with Crippen molar-refractivity contribution in [1.29, 1.82) is 5.26 Å². The molecule has 1 aromatic heterocycles. The number of piperidine rings is 1. The lowest BCUT2D eigenvalue weighted by Gasteiger charge is -2.33. The van der Waals surface area contributed by atoms with Gasteiger partial charge in [0, 0.05) is 24.7 Å². The number of ether oxygens (including phenoxy) is 1. The van der Waals surface area contributed by atoms with Crippen LogP contribution in [0, 0.1) is 25.2 Å². The van der Waals surface area contributed by atoms with E-state index in [1.165, 1.54) is 0 Å². The average Bonchev–Trinajstić information content (AvgIpc) is 2.60. The van der Waals surface area contributed by atoms with Crippen LogP contribution < -0.4 is 5.56 Å². The maximum Gasteiger partial charge on any atom is 0.306 e. The number of hydrogen-bond donors (Lipinski definition) is 1. The summed E-state index contributed by atoms with van der Waals surface area (Å²) in [7, 11) is 0. The molecular formula is C19H25N3O4. The first-order valence-corrected chi connectivity index (χ1v) is 8.92. The smallest absolute Gasteiger partial charge is 0.306 e. The summed E-state index contributed by atoms with van der Waals surface area (Å²) in [6.07, 6.45) is 3.51. The molecule has 0 saturated carbocycles. The van der Waals surface area contributed by atoms with Gasteiger partial charge in [-0.15, -0.1) is 0 Å². The number of nitrogens with one attached hydrogen (secondary N) is 1. The van der Waals surface area contributed by atoms with Crippen molar-refractivity contribution in [3.8, 4) is 6.07 Å². The minimum atomic E-state index is -0.466. The zero-order valence-corrected chi connectivity index (χ0v) is 15.6. The van der Waals surface area contributed by atoms with Crippen LogP contribution in [0.4, 0.5) is 0 Å². The molecule has 140 valence electrons. The molecular weight excluding hydrogens is 334 g/mol. The van der Waals surface area contributed by atoms with E-state index in [0.29, 0.717) is 24.2 Å². The van der Waals surface area contributed by atoms with E-state index in [2.05, 4.69) is 4.98 Å². The van der Waals surface area contributed by atoms with Gasteiger partial charge in [-0.05, 0) is 57.6 Å². The Morgan fingerprint density at radius 3 is 2.73 bits per heavy atom. The summed E-state index contributed by atoms with van der Waals surface area (Å²) < 4.78 is 5.12. The summed E-state index contributed by atoms with van der Waals surface area (Å²) >= 11 is 0. The lowest BCUT2D eigenvalue weighted by Crippen LogP contribution is -2.44. The van der Waals surface area contributed by atoms with E-state index in [-0.39, 0.29) is 30.5 Å². The third-order valence-electron chi connectivity index (χ3n) is 4.98. The Morgan fingerprint density at radius 2 is 2.08 bits per heavy atom. The van der Waals surface area contributed by atoms with Gasteiger partial charge in [0.25, 0.3) is 11.5 Å². The van der Waals surface area contributed by atoms with Crippen molar-refractivity contribution in [1.82, 2.24) is 9.88 Å². The average molecular weight is 359 g/mol. The second-order valence-corrected chi connectivity index (χ2v) is 6.76. The SMILES string of the molecule is Cc1[nH]c(=O)c(C#N)c(C)c1CCC(=O)OCC(=O)N1CCCC[C@H]1C. The number of nitrogens with zero attached hydrogens (tertiary/aromatic N) is 2. The van der Waals surface area contributed by atoms with E-state index in [4.69, 9.17) is 10.00 Å². The molecule has 1 aromatic rings. The number of H-pyrrole nitrogens is 1. The summed E-state index contributed by atoms with van der Waals surface area (Å²) in [5.74, 6) is -0.625. The van der Waals surface area contributed by atoms with Crippen molar-refractivity contribution in [2.24, 2.45) is 0 Å². The lowest BCUT2D eigenvalue weighted by atomic mass is 9.99. The number of carbonyl (C=O) groups excluding carboxylic acids is 2. The molecule has 0 bridgehead atoms. The maximum absolute atomic E-state index is 12.2. The van der Waals surface area contributed by atoms with Gasteiger partial charge in [-0.2, -0.15) is 5.26 Å². The fraction of sp³-hybridized carbons (Fsp3) is 0.579. The molecule has 1 aliphatic heterocycles. The van der Waals surface area contributed by atoms with Gasteiger partial charge in [0.15, 0.2) is 6.61 Å². The second kappa shape index (κ2) is 8.65. The fourth-order valence-electron chi connectivity index (χ4n) is 3.41. The second-order valence-electron chi connectivity index (χ2n) is 6.76. The van der Waals surface area contributed by atoms with Crippen LogP contribution >= 0.6 is 0 Å². The quantitative estimate of drug-likeness (QED) is 0.807. The first-order chi connectivity index (χ1) is 12.3. The number of carbonyl (C=O) groups is 2. The van der Waals surface area contributed by atoms with E-state index in [0.717, 1.165) is 24.8 Å². The monoisotopic (exact) mass is 359 g/mol. The van der Waals surface area contributed by atoms with E-state index in [1.807, 2.05) is 13.0 Å². The van der Waals surface area contributed by atoms with Crippen molar-refractivity contribution >= 4 is 11.9 Å². The van der Waals surface area contributed by atoms with Crippen molar-refractivity contribution in [3.63, 3.8) is 0 Å². The Balaban J connectivity index is 1.91. The predicted molar refractivity (Wildman–Crippen MR) is 95.6 cm³/mol. The third kappa shape index (κ3) is 4.51. The Labute approximate surface area is 153 Å². The molecule has 1 fully saturated rings. The minimum Gasteiger partial charge on any atom is -0.456 e. The molecule has 7 nitrogen and oxygen atoms in total. The van der Waals surface area contributed by atoms with E-state index >= 15 is 0 Å². The molecule has 0 aromatic carbocycles. The van der Waals surface area contributed by atoms with Crippen molar-refractivity contribution in [2.45, 2.75) is 58.9 Å². The molecule has 26 heavy (non-hydrogen) atoms. The van der Waals surface area contributed by atoms with Gasteiger partial charge in [-0.3, -0.25) is 14.4 Å². The highest BCUT2D eigenvalue weighted by Gasteiger charge is 2.24. The predicted octanol–water partition coefficient (Wildman–Crippen LogP) is 1.74. The largest absolute Gasteiger partial charge is 0.456 e. The van der Waals surface area contributed by atoms with Crippen LogP contribution in [0.2, 0.25) is 0 Å². The van der Waals surface area contributed by atoms with Gasteiger partial charge in [0.1, 0.15) is 11.6 Å². The molecule has 0 radical (unpaired) electrons. The fourth-order valence-corrected chi connectivity index (χ4v) is 3.41. The van der Waals surface area contributed by atoms with Crippen LogP contribution in [-0.4, -0.2) is 41.0 Å². The van der Waals surface area contributed by atoms with Gasteiger partial charge < -0.3 is 14.6 Å². The zero-order valence-electron chi connectivity index (χ0n) is 15.6. The minimum absolute atomic E-state index is 0.0632. The number of aryl methyl sites for hydroxylation is 1. The van der Waals surface area contributed by atoms with Crippen molar-refractivity contribution in [3.05, 3.63) is 32.7 Å². The molecule has 0 spiro atoms. The van der Waals surface area contributed by atoms with Gasteiger partial charge in [0.2, 0.25) is 0 Å². The molecule has 0 unspecified atom stereocenters. The Hall–Kier alpha value is -2.62. The number of nitriles is 1. The third-order valence-corrected chi connectivity index (χ3v) is 4.98. The highest BCUT2D eigenvalue weighted by atomic mass is 16.5. The molecule has 1 saturated heterocycles. The molecule has 1 atom stereocenters. The summed E-state index contributed by atoms with van der Waals surface area (Å²) in [5, 5.41) is 9.08. The first kappa shape index (κ1) is 19.7. The number of pyridine rings is 1. The molecule has 0 aliphatic carbocycles. The lowest BCUT2D eigenvalue weighted by molar-refractivity contribution is -0.153. The Morgan fingerprint density at radius 1 is 1.35 bits per heavy atom. The first-order valence-electron chi connectivity index (χ1n) is 8.92. The van der Waals surface area contributed by atoms with Crippen LogP contribution in [0.5, 0.6) is 0 Å². The normalized spacial score (nSPS) is 16.8. The van der Waals surface area contributed by atoms with Crippen LogP contribution in [0.1, 0.15) is 55.0 Å². The highest BCUT2D eigenvalue weighted by Crippen LogP contribution is 2.17. The van der Waals surface area contributed by atoms with Crippen LogP contribution in [0.25, 0.3) is 0 Å². The molecule has 2 rings (SSSR count). The van der Waals surface area contributed by atoms with E-state index < -0.39 is 11.5 Å². The summed E-state index contributed by atoms with van der Waals surface area (Å²) in [4.78, 5) is 40.3. The van der Waals surface area contributed by atoms with Gasteiger partial charge in [-0.1, -0.05) is 0 Å². The van der Waals surface area contributed by atoms with Crippen LogP contribution in [0.3, 0.4) is 0 Å². The number of rotatable bonds is 5. The number of likely N-dealkylation sites (tertiary alicyclic amines) is 1. The number of amides is 1. The van der Waals surface area contributed by atoms with E-state index in [9.17, 15) is 14.4 Å². The van der Waals surface area contributed by atoms with Gasteiger partial charge in [-0.25, -0.2) is 0 Å². The van der Waals surface area contributed by atoms with Gasteiger partial charge in [0.05, 0.1) is 0 Å². The Bertz CT molecular complexity index is 791. The topological polar surface area (TPSA) is 103 Å². The molecule has 1 N–H and O–H groups in total. The van der Waals surface area contributed by atoms with Crippen molar-refractivity contribution < 1.29 is 14.3 Å². The van der Waals surface area contributed by atoms with Gasteiger partial charge >= 0.3 is 5.97 Å². The molecule has 2 heterocycles. The summed E-state index contributed by atoms with van der Waals surface area (Å²) in [6, 6.07) is 2.08. The number of aromatic nitrogens is 1. The van der Waals surface area contributed by atoms with E-state index in [1.54, 1.807) is 18.7 Å². The standard InChI is InChI=1S/C19H25N3O4/c1-12-6-4-5-9-22(12)17(23)11-26-18(24)8-7-15-13(2)16(10-20)19(25)21-14(15)3/h12H,4-9,11H2,1-3H3,(H,21,25)/t12-/m1/s1. The molecule has 7 heteroatoms. The molecule has 1 amide bonds. The zero-order chi connectivity index (χ0) is 19.3. The van der Waals surface area contributed by atoms with Crippen LogP contribution in [0.15, 0.2) is 4.79 Å².